The number of hydrogen-bond donors (Lipinski definition) is 4. The molecule has 1 aromatic carbocycles. The molecule has 1 saturated heterocycles. The van der Waals surface area contributed by atoms with E-state index in [0.29, 0.717) is 5.69 Å². The first-order chi connectivity index (χ1) is 13.0. The van der Waals surface area contributed by atoms with Crippen LogP contribution in [0.5, 0.6) is 0 Å². The summed E-state index contributed by atoms with van der Waals surface area (Å²) in [5, 5.41) is 37.0. The number of aromatic amines is 1. The van der Waals surface area contributed by atoms with Gasteiger partial charge in [-0.3, -0.25) is 19.0 Å². The number of fused-ring (bicyclic) bond motifs is 1. The first-order valence-corrected chi connectivity index (χ1v) is 8.37. The molecule has 4 atom stereocenters. The van der Waals surface area contributed by atoms with Gasteiger partial charge in [-0.2, -0.15) is 5.10 Å². The van der Waals surface area contributed by atoms with Crippen LogP contribution in [0.3, 0.4) is 0 Å². The molecule has 0 spiro atoms. The van der Waals surface area contributed by atoms with Crippen LogP contribution in [0, 0.1) is 0 Å². The summed E-state index contributed by atoms with van der Waals surface area (Å²) in [7, 11) is 0. The van der Waals surface area contributed by atoms with Crippen molar-refractivity contribution in [1.82, 2.24) is 19.3 Å². The smallest absolute Gasteiger partial charge is 0.333 e. The average molecular weight is 374 g/mol. The highest BCUT2D eigenvalue weighted by molar-refractivity contribution is 5.81. The van der Waals surface area contributed by atoms with Crippen LogP contribution < -0.4 is 11.2 Å². The molecular weight excluding hydrogens is 356 g/mol. The number of rotatable bonds is 4. The number of aliphatic hydroxyl groups is 3. The Balaban J connectivity index is 1.74. The third-order valence-electron chi connectivity index (χ3n) is 4.74. The van der Waals surface area contributed by atoms with Crippen LogP contribution in [0.2, 0.25) is 0 Å². The Kier molecular flexibility index (Phi) is 4.40. The molecule has 0 bridgehead atoms. The van der Waals surface area contributed by atoms with Gasteiger partial charge in [0.15, 0.2) is 6.23 Å². The van der Waals surface area contributed by atoms with E-state index in [1.54, 1.807) is 0 Å². The predicted molar refractivity (Wildman–Crippen MR) is 93.2 cm³/mol. The Morgan fingerprint density at radius 3 is 2.67 bits per heavy atom. The summed E-state index contributed by atoms with van der Waals surface area (Å²) in [4.78, 5) is 25.1. The van der Waals surface area contributed by atoms with Crippen LogP contribution in [0.15, 0.2) is 46.1 Å². The van der Waals surface area contributed by atoms with Crippen molar-refractivity contribution in [2.24, 2.45) is 0 Å². The second-order valence-electron chi connectivity index (χ2n) is 6.37. The van der Waals surface area contributed by atoms with Gasteiger partial charge in [0.1, 0.15) is 18.3 Å². The monoisotopic (exact) mass is 374 g/mol. The number of aliphatic hydroxyl groups excluding tert-OH is 3. The Morgan fingerprint density at radius 1 is 1.15 bits per heavy atom. The van der Waals surface area contributed by atoms with Gasteiger partial charge in [0.05, 0.1) is 24.4 Å². The summed E-state index contributed by atoms with van der Waals surface area (Å²) >= 11 is 0. The summed E-state index contributed by atoms with van der Waals surface area (Å²) in [6.45, 7) is -0.584. The molecule has 1 aliphatic heterocycles. The van der Waals surface area contributed by atoms with Crippen molar-refractivity contribution in [3.8, 4) is 0 Å². The van der Waals surface area contributed by atoms with Gasteiger partial charge in [0.2, 0.25) is 0 Å². The van der Waals surface area contributed by atoms with Gasteiger partial charge in [-0.15, -0.1) is 0 Å². The molecule has 3 aromatic rings. The van der Waals surface area contributed by atoms with Crippen LogP contribution in [0.25, 0.3) is 10.9 Å². The van der Waals surface area contributed by atoms with Crippen LogP contribution in [-0.4, -0.2) is 59.6 Å². The van der Waals surface area contributed by atoms with Gasteiger partial charge in [0, 0.05) is 17.6 Å². The molecule has 0 radical (unpaired) electrons. The van der Waals surface area contributed by atoms with Gasteiger partial charge in [-0.05, 0) is 6.07 Å². The van der Waals surface area contributed by atoms with Crippen molar-refractivity contribution in [1.29, 1.82) is 0 Å². The maximum Gasteiger partial charge on any atom is 0.333 e. The first-order valence-electron chi connectivity index (χ1n) is 8.37. The van der Waals surface area contributed by atoms with Crippen molar-refractivity contribution in [2.75, 3.05) is 6.61 Å². The molecule has 0 saturated carbocycles. The Bertz CT molecular complexity index is 1090. The SMILES string of the molecule is O=c1ccn([C@@H]2O[C@H](CO)[C@H](O)[C@@H]2O)c(=O)n1Cc1n[nH]c2ccccc12. The van der Waals surface area contributed by atoms with Crippen LogP contribution in [-0.2, 0) is 11.3 Å². The highest BCUT2D eigenvalue weighted by Gasteiger charge is 2.43. The molecule has 4 rings (SSSR count). The first kappa shape index (κ1) is 17.6. The molecule has 1 fully saturated rings. The van der Waals surface area contributed by atoms with E-state index in [0.717, 1.165) is 20.0 Å². The van der Waals surface area contributed by atoms with Crippen LogP contribution >= 0.6 is 0 Å². The maximum atomic E-state index is 12.8. The summed E-state index contributed by atoms with van der Waals surface area (Å²) in [6.07, 6.45) is -3.80. The van der Waals surface area contributed by atoms with Gasteiger partial charge in [-0.25, -0.2) is 4.79 Å². The zero-order valence-electron chi connectivity index (χ0n) is 14.1. The van der Waals surface area contributed by atoms with Gasteiger partial charge in [0.25, 0.3) is 5.56 Å². The molecule has 10 nitrogen and oxygen atoms in total. The third kappa shape index (κ3) is 2.88. The van der Waals surface area contributed by atoms with Crippen molar-refractivity contribution < 1.29 is 20.1 Å². The maximum absolute atomic E-state index is 12.8. The Labute approximate surface area is 151 Å². The van der Waals surface area contributed by atoms with E-state index in [1.165, 1.54) is 12.3 Å². The normalized spacial score (nSPS) is 25.3. The van der Waals surface area contributed by atoms with Gasteiger partial charge in [-0.1, -0.05) is 18.2 Å². The van der Waals surface area contributed by atoms with Crippen LogP contribution in [0.4, 0.5) is 0 Å². The molecular formula is C17H18N4O6. The third-order valence-corrected chi connectivity index (χ3v) is 4.74. The number of para-hydroxylation sites is 1. The highest BCUT2D eigenvalue weighted by Crippen LogP contribution is 2.27. The highest BCUT2D eigenvalue weighted by atomic mass is 16.6. The van der Waals surface area contributed by atoms with Crippen molar-refractivity contribution in [2.45, 2.75) is 31.1 Å². The molecule has 3 heterocycles. The summed E-state index contributed by atoms with van der Waals surface area (Å²) in [5.41, 5.74) is 0.0449. The number of hydrogen-bond acceptors (Lipinski definition) is 7. The number of nitrogens with one attached hydrogen (secondary N) is 1. The fourth-order valence-electron chi connectivity index (χ4n) is 3.27. The van der Waals surface area contributed by atoms with E-state index in [4.69, 9.17) is 4.74 Å². The number of ether oxygens (including phenoxy) is 1. The quantitative estimate of drug-likeness (QED) is 0.437. The Hall–Kier alpha value is -2.79. The van der Waals surface area contributed by atoms with E-state index in [1.807, 2.05) is 24.3 Å². The number of H-pyrrole nitrogens is 1. The fraction of sp³-hybridized carbons (Fsp3) is 0.353. The molecule has 0 aliphatic carbocycles. The Morgan fingerprint density at radius 2 is 1.93 bits per heavy atom. The molecule has 10 heteroatoms. The topological polar surface area (TPSA) is 143 Å². The minimum absolute atomic E-state index is 0.0721. The molecule has 2 aromatic heterocycles. The zero-order valence-corrected chi connectivity index (χ0v) is 14.1. The minimum atomic E-state index is -1.42. The lowest BCUT2D eigenvalue weighted by molar-refractivity contribution is -0.0555. The van der Waals surface area contributed by atoms with E-state index in [-0.39, 0.29) is 6.54 Å². The van der Waals surface area contributed by atoms with Crippen molar-refractivity contribution >= 4 is 10.9 Å². The zero-order chi connectivity index (χ0) is 19.1. The molecule has 27 heavy (non-hydrogen) atoms. The van der Waals surface area contributed by atoms with E-state index < -0.39 is 42.4 Å². The summed E-state index contributed by atoms with van der Waals surface area (Å²) < 4.78 is 7.38. The molecule has 1 aliphatic rings. The van der Waals surface area contributed by atoms with Gasteiger partial charge >= 0.3 is 5.69 Å². The molecule has 142 valence electrons. The van der Waals surface area contributed by atoms with Crippen molar-refractivity contribution in [3.05, 3.63) is 63.1 Å². The molecule has 0 unspecified atom stereocenters. The second kappa shape index (κ2) is 6.74. The average Bonchev–Trinajstić information content (AvgIpc) is 3.21. The molecule has 0 amide bonds. The second-order valence-corrected chi connectivity index (χ2v) is 6.37. The predicted octanol–water partition coefficient (Wildman–Crippen LogP) is -1.45. The lowest BCUT2D eigenvalue weighted by atomic mass is 10.1. The standard InChI is InChI=1S/C17H18N4O6/c22-8-12-14(24)15(25)16(27-12)20-6-5-13(23)21(17(20)26)7-11-9-3-1-2-4-10(9)18-19-11/h1-6,12,14-16,22,24-25H,7-8H2,(H,18,19)/t12-,14+,15+,16-/m1/s1. The lowest BCUT2D eigenvalue weighted by Crippen LogP contribution is -2.43. The minimum Gasteiger partial charge on any atom is -0.394 e. The summed E-state index contributed by atoms with van der Waals surface area (Å²) in [5.74, 6) is 0. The van der Waals surface area contributed by atoms with E-state index >= 15 is 0 Å². The fourth-order valence-corrected chi connectivity index (χ4v) is 3.27. The number of nitrogens with zero attached hydrogens (tertiary/aromatic N) is 3. The largest absolute Gasteiger partial charge is 0.394 e. The van der Waals surface area contributed by atoms with Gasteiger partial charge < -0.3 is 20.1 Å². The van der Waals surface area contributed by atoms with Crippen LogP contribution in [0.1, 0.15) is 11.9 Å². The summed E-state index contributed by atoms with van der Waals surface area (Å²) in [6, 6.07) is 8.49. The molecule has 4 N–H and O–H groups in total. The lowest BCUT2D eigenvalue weighted by Gasteiger charge is -2.18. The number of aromatic nitrogens is 4. The van der Waals surface area contributed by atoms with E-state index in [2.05, 4.69) is 10.2 Å². The number of benzene rings is 1. The van der Waals surface area contributed by atoms with E-state index in [9.17, 15) is 24.9 Å². The van der Waals surface area contributed by atoms with Crippen molar-refractivity contribution in [3.63, 3.8) is 0 Å².